The molecule has 6 heteroatoms. The average molecular weight is 368 g/mol. The minimum absolute atomic E-state index is 0.197. The lowest BCUT2D eigenvalue weighted by Crippen LogP contribution is -2.29. The lowest BCUT2D eigenvalue weighted by atomic mass is 9.72. The van der Waals surface area contributed by atoms with Crippen molar-refractivity contribution >= 4 is 11.3 Å². The lowest BCUT2D eigenvalue weighted by molar-refractivity contribution is 0.0531. The smallest absolute Gasteiger partial charge is 0.123 e. The molecule has 1 aromatic heterocycles. The monoisotopic (exact) mass is 368 g/mol. The maximum atomic E-state index is 13.5. The van der Waals surface area contributed by atoms with Gasteiger partial charge in [0.15, 0.2) is 0 Å². The average Bonchev–Trinajstić information content (AvgIpc) is 3.11. The number of allylic oxidation sites excluding steroid dienone is 1. The lowest BCUT2D eigenvalue weighted by Gasteiger charge is -2.36. The first-order valence-corrected chi connectivity index (χ1v) is 9.58. The summed E-state index contributed by atoms with van der Waals surface area (Å²) in [7, 11) is 0. The number of aromatic amines is 1. The van der Waals surface area contributed by atoms with E-state index >= 15 is 0 Å². The third-order valence-corrected chi connectivity index (χ3v) is 5.79. The van der Waals surface area contributed by atoms with Crippen LogP contribution in [0.2, 0.25) is 0 Å². The van der Waals surface area contributed by atoms with Crippen molar-refractivity contribution in [3.63, 3.8) is 0 Å². The Kier molecular flexibility index (Phi) is 5.16. The van der Waals surface area contributed by atoms with Crippen molar-refractivity contribution in [1.29, 1.82) is 0 Å². The number of halogens is 1. The fraction of sp³-hybridized carbons (Fsp3) is 0.476. The summed E-state index contributed by atoms with van der Waals surface area (Å²) in [6.07, 6.45) is 4.36. The molecule has 0 saturated carbocycles. The molecule has 2 aliphatic heterocycles. The zero-order chi connectivity index (χ0) is 18.8. The standard InChI is InChI=1S/C21H25FN4O/c1-13-19(21-14(2)24-26-25-21)11-17(12-23-13)20(16-7-9-27-10-8-16)15-3-5-18(22)6-4-15/h3-6,11,16-17,20H,7-10,12H2,1-2H3,(H,24,25,26). The molecule has 2 aliphatic rings. The number of H-pyrrole nitrogens is 1. The molecule has 0 amide bonds. The summed E-state index contributed by atoms with van der Waals surface area (Å²) in [5.74, 6) is 0.844. The molecule has 2 unspecified atom stereocenters. The summed E-state index contributed by atoms with van der Waals surface area (Å²) in [5.41, 5.74) is 5.07. The Morgan fingerprint density at radius 3 is 2.56 bits per heavy atom. The summed E-state index contributed by atoms with van der Waals surface area (Å²) in [4.78, 5) is 4.82. The number of benzene rings is 1. The van der Waals surface area contributed by atoms with Gasteiger partial charge in [-0.1, -0.05) is 23.4 Å². The number of nitrogens with zero attached hydrogens (tertiary/aromatic N) is 3. The summed E-state index contributed by atoms with van der Waals surface area (Å²) < 4.78 is 19.1. The molecule has 0 bridgehead atoms. The van der Waals surface area contributed by atoms with Crippen LogP contribution in [0, 0.1) is 24.6 Å². The van der Waals surface area contributed by atoms with Gasteiger partial charge in [0, 0.05) is 37.0 Å². The molecule has 27 heavy (non-hydrogen) atoms. The second kappa shape index (κ2) is 7.72. The van der Waals surface area contributed by atoms with Crippen molar-refractivity contribution in [2.75, 3.05) is 19.8 Å². The highest BCUT2D eigenvalue weighted by atomic mass is 19.1. The molecule has 0 aliphatic carbocycles. The highest BCUT2D eigenvalue weighted by molar-refractivity contribution is 6.22. The molecular weight excluding hydrogens is 343 g/mol. The number of hydrogen-bond donors (Lipinski definition) is 1. The van der Waals surface area contributed by atoms with Crippen molar-refractivity contribution in [2.24, 2.45) is 16.8 Å². The van der Waals surface area contributed by atoms with Crippen LogP contribution in [0.5, 0.6) is 0 Å². The number of rotatable bonds is 4. The van der Waals surface area contributed by atoms with Crippen LogP contribution in [-0.2, 0) is 4.74 Å². The minimum atomic E-state index is -0.197. The van der Waals surface area contributed by atoms with Crippen LogP contribution in [0.15, 0.2) is 35.3 Å². The second-order valence-electron chi connectivity index (χ2n) is 7.47. The van der Waals surface area contributed by atoms with E-state index in [1.54, 1.807) is 12.1 Å². The maximum Gasteiger partial charge on any atom is 0.123 e. The number of aliphatic imine (C=N–C) groups is 1. The van der Waals surface area contributed by atoms with Gasteiger partial charge in [0.05, 0.1) is 11.4 Å². The predicted molar refractivity (Wildman–Crippen MR) is 103 cm³/mol. The van der Waals surface area contributed by atoms with E-state index in [-0.39, 0.29) is 17.7 Å². The molecule has 0 spiro atoms. The van der Waals surface area contributed by atoms with E-state index < -0.39 is 0 Å². The summed E-state index contributed by atoms with van der Waals surface area (Å²) in [5, 5.41) is 11.0. The van der Waals surface area contributed by atoms with Gasteiger partial charge in [0.2, 0.25) is 0 Å². The first-order valence-electron chi connectivity index (χ1n) is 9.58. The SMILES string of the molecule is CC1=NCC(C(c2ccc(F)cc2)C2CCOCC2)C=C1c1[nH]nnc1C. The Balaban J connectivity index is 1.72. The fourth-order valence-corrected chi connectivity index (χ4v) is 4.36. The highest BCUT2D eigenvalue weighted by Gasteiger charge is 2.33. The molecular formula is C21H25FN4O. The molecule has 4 rings (SSSR count). The van der Waals surface area contributed by atoms with E-state index in [2.05, 4.69) is 21.5 Å². The van der Waals surface area contributed by atoms with Crippen LogP contribution < -0.4 is 0 Å². The number of aromatic nitrogens is 3. The van der Waals surface area contributed by atoms with Crippen molar-refractivity contribution in [3.8, 4) is 0 Å². The van der Waals surface area contributed by atoms with Crippen LogP contribution in [0.4, 0.5) is 4.39 Å². The van der Waals surface area contributed by atoms with Crippen LogP contribution >= 0.6 is 0 Å². The van der Waals surface area contributed by atoms with Gasteiger partial charge in [-0.05, 0) is 56.2 Å². The Labute approximate surface area is 158 Å². The number of ether oxygens (including phenoxy) is 1. The Morgan fingerprint density at radius 2 is 1.89 bits per heavy atom. The van der Waals surface area contributed by atoms with Crippen molar-refractivity contribution in [2.45, 2.75) is 32.6 Å². The summed E-state index contributed by atoms with van der Waals surface area (Å²) >= 11 is 0. The van der Waals surface area contributed by atoms with E-state index in [0.717, 1.165) is 55.3 Å². The largest absolute Gasteiger partial charge is 0.381 e. The van der Waals surface area contributed by atoms with E-state index in [4.69, 9.17) is 9.73 Å². The molecule has 0 radical (unpaired) electrons. The minimum Gasteiger partial charge on any atom is -0.381 e. The third-order valence-electron chi connectivity index (χ3n) is 5.79. The summed E-state index contributed by atoms with van der Waals surface area (Å²) in [6.45, 7) is 6.31. The van der Waals surface area contributed by atoms with Crippen molar-refractivity contribution < 1.29 is 9.13 Å². The van der Waals surface area contributed by atoms with Crippen LogP contribution in [0.1, 0.15) is 42.6 Å². The van der Waals surface area contributed by atoms with Gasteiger partial charge in [-0.2, -0.15) is 0 Å². The van der Waals surface area contributed by atoms with Gasteiger partial charge < -0.3 is 4.74 Å². The topological polar surface area (TPSA) is 63.2 Å². The first kappa shape index (κ1) is 18.0. The van der Waals surface area contributed by atoms with Gasteiger partial charge in [-0.25, -0.2) is 4.39 Å². The van der Waals surface area contributed by atoms with Crippen molar-refractivity contribution in [1.82, 2.24) is 15.4 Å². The van der Waals surface area contributed by atoms with Gasteiger partial charge >= 0.3 is 0 Å². The van der Waals surface area contributed by atoms with Gasteiger partial charge in [0.1, 0.15) is 5.82 Å². The fourth-order valence-electron chi connectivity index (χ4n) is 4.36. The molecule has 1 saturated heterocycles. The van der Waals surface area contributed by atoms with Gasteiger partial charge in [-0.15, -0.1) is 5.10 Å². The molecule has 1 N–H and O–H groups in total. The number of hydrogen-bond acceptors (Lipinski definition) is 4. The van der Waals surface area contributed by atoms with E-state index in [1.807, 2.05) is 26.0 Å². The number of dihydropyridines is 1. The van der Waals surface area contributed by atoms with Gasteiger partial charge in [0.25, 0.3) is 0 Å². The third kappa shape index (κ3) is 3.72. The van der Waals surface area contributed by atoms with E-state index in [1.165, 1.54) is 5.56 Å². The molecule has 5 nitrogen and oxygen atoms in total. The molecule has 1 fully saturated rings. The Bertz CT molecular complexity index is 849. The Hall–Kier alpha value is -2.34. The van der Waals surface area contributed by atoms with Crippen LogP contribution in [0.25, 0.3) is 5.57 Å². The normalized spacial score (nSPS) is 22.3. The second-order valence-corrected chi connectivity index (χ2v) is 7.47. The molecule has 142 valence electrons. The zero-order valence-corrected chi connectivity index (χ0v) is 15.8. The first-order chi connectivity index (χ1) is 13.1. The van der Waals surface area contributed by atoms with E-state index in [9.17, 15) is 4.39 Å². The molecule has 2 atom stereocenters. The van der Waals surface area contributed by atoms with Gasteiger partial charge in [-0.3, -0.25) is 10.1 Å². The van der Waals surface area contributed by atoms with Crippen LogP contribution in [0.3, 0.4) is 0 Å². The molecule has 3 heterocycles. The quantitative estimate of drug-likeness (QED) is 0.889. The van der Waals surface area contributed by atoms with Crippen LogP contribution in [-0.4, -0.2) is 40.9 Å². The number of nitrogens with one attached hydrogen (secondary N) is 1. The number of aryl methyl sites for hydroxylation is 1. The molecule has 2 aromatic rings. The molecule has 1 aromatic carbocycles. The van der Waals surface area contributed by atoms with Crippen molar-refractivity contribution in [3.05, 3.63) is 53.1 Å². The zero-order valence-electron chi connectivity index (χ0n) is 15.8. The highest BCUT2D eigenvalue weighted by Crippen LogP contribution is 2.41. The Morgan fingerprint density at radius 1 is 1.15 bits per heavy atom. The maximum absolute atomic E-state index is 13.5. The predicted octanol–water partition coefficient (Wildman–Crippen LogP) is 3.94. The van der Waals surface area contributed by atoms with E-state index in [0.29, 0.717) is 5.92 Å². The summed E-state index contributed by atoms with van der Waals surface area (Å²) in [6, 6.07) is 6.98.